The van der Waals surface area contributed by atoms with Crippen molar-refractivity contribution in [3.05, 3.63) is 17.7 Å². The number of nitrogens with two attached hydrogens (primary N) is 1. The lowest BCUT2D eigenvalue weighted by Crippen LogP contribution is -2.10. The molecule has 0 fully saturated rings. The molecule has 0 aromatic heterocycles. The molecule has 0 aliphatic carbocycles. The maximum Gasteiger partial charge on any atom is 0.203 e. The molecule has 1 rings (SSSR count). The Hall–Kier alpha value is -1.49. The summed E-state index contributed by atoms with van der Waals surface area (Å²) in [7, 11) is 0. The fourth-order valence-corrected chi connectivity index (χ4v) is 1.99. The van der Waals surface area contributed by atoms with E-state index >= 15 is 0 Å². The van der Waals surface area contributed by atoms with Crippen LogP contribution in [0.5, 0.6) is 17.2 Å². The van der Waals surface area contributed by atoms with Crippen molar-refractivity contribution in [2.45, 2.75) is 33.6 Å². The van der Waals surface area contributed by atoms with Crippen LogP contribution in [0.15, 0.2) is 12.1 Å². The normalized spacial score (nSPS) is 10.2. The van der Waals surface area contributed by atoms with Crippen LogP contribution in [0.4, 0.5) is 0 Å². The van der Waals surface area contributed by atoms with Gasteiger partial charge in [-0.1, -0.05) is 18.3 Å². The molecular weight excluding hydrogens is 274 g/mol. The second-order valence-electron chi connectivity index (χ2n) is 4.15. The topological polar surface area (TPSA) is 53.7 Å². The Kier molecular flexibility index (Phi) is 7.15. The van der Waals surface area contributed by atoms with Crippen molar-refractivity contribution in [1.29, 1.82) is 0 Å². The van der Waals surface area contributed by atoms with Crippen molar-refractivity contribution in [2.24, 2.45) is 5.73 Å². The van der Waals surface area contributed by atoms with Gasteiger partial charge >= 0.3 is 0 Å². The second-order valence-corrected chi connectivity index (χ2v) is 4.67. The van der Waals surface area contributed by atoms with Gasteiger partial charge in [0.1, 0.15) is 0 Å². The number of hydrogen-bond donors (Lipinski definition) is 1. The van der Waals surface area contributed by atoms with Gasteiger partial charge in [-0.3, -0.25) is 0 Å². The Morgan fingerprint density at radius 3 is 2.15 bits per heavy atom. The molecule has 0 aliphatic heterocycles. The molecule has 0 radical (unpaired) electrons. The number of aryl methyl sites for hydroxylation is 1. The zero-order valence-corrected chi connectivity index (χ0v) is 13.2. The van der Waals surface area contributed by atoms with E-state index < -0.39 is 0 Å². The monoisotopic (exact) mass is 297 g/mol. The Balaban J connectivity index is 3.15. The highest BCUT2D eigenvalue weighted by Gasteiger charge is 2.17. The van der Waals surface area contributed by atoms with Crippen LogP contribution in [0, 0.1) is 0 Å². The fraction of sp³-hybridized carbons (Fsp3) is 0.533. The summed E-state index contributed by atoms with van der Waals surface area (Å²) in [6.07, 6.45) is 1.38. The van der Waals surface area contributed by atoms with Gasteiger partial charge in [-0.2, -0.15) is 0 Å². The Morgan fingerprint density at radius 1 is 1.00 bits per heavy atom. The number of benzene rings is 1. The highest BCUT2D eigenvalue weighted by atomic mass is 32.1. The molecule has 0 aliphatic rings. The molecule has 0 saturated carbocycles. The molecular formula is C15H23NO3S. The van der Waals surface area contributed by atoms with Crippen LogP contribution in [0.3, 0.4) is 0 Å². The highest BCUT2D eigenvalue weighted by Crippen LogP contribution is 2.41. The van der Waals surface area contributed by atoms with E-state index in [1.54, 1.807) is 0 Å². The zero-order chi connectivity index (χ0) is 15.0. The lowest BCUT2D eigenvalue weighted by atomic mass is 10.1. The SMILES string of the molecule is CCOc1ccc(CCC(N)=S)c(OCC)c1OCC. The summed E-state index contributed by atoms with van der Waals surface area (Å²) >= 11 is 4.94. The lowest BCUT2D eigenvalue weighted by Gasteiger charge is -2.18. The zero-order valence-electron chi connectivity index (χ0n) is 12.4. The lowest BCUT2D eigenvalue weighted by molar-refractivity contribution is 0.259. The van der Waals surface area contributed by atoms with E-state index in [2.05, 4.69) is 0 Å². The first-order valence-corrected chi connectivity index (χ1v) is 7.37. The second kappa shape index (κ2) is 8.64. The van der Waals surface area contributed by atoms with Crippen molar-refractivity contribution in [1.82, 2.24) is 0 Å². The summed E-state index contributed by atoms with van der Waals surface area (Å²) in [5, 5.41) is 0. The standard InChI is InChI=1S/C15H23NO3S/c1-4-17-12-9-7-11(8-10-13(16)20)14(18-5-2)15(12)19-6-3/h7,9H,4-6,8,10H2,1-3H3,(H2,16,20). The number of hydrogen-bond acceptors (Lipinski definition) is 4. The molecule has 5 heteroatoms. The molecule has 0 bridgehead atoms. The predicted molar refractivity (Wildman–Crippen MR) is 85.1 cm³/mol. The van der Waals surface area contributed by atoms with E-state index in [-0.39, 0.29) is 0 Å². The Bertz CT molecular complexity index is 449. The third-order valence-electron chi connectivity index (χ3n) is 2.68. The molecule has 4 nitrogen and oxygen atoms in total. The summed E-state index contributed by atoms with van der Waals surface area (Å²) in [4.78, 5) is 0.499. The van der Waals surface area contributed by atoms with Crippen LogP contribution in [0.1, 0.15) is 32.8 Å². The van der Waals surface area contributed by atoms with E-state index in [4.69, 9.17) is 32.2 Å². The van der Waals surface area contributed by atoms with Crippen LogP contribution in [0.25, 0.3) is 0 Å². The van der Waals surface area contributed by atoms with Crippen LogP contribution >= 0.6 is 12.2 Å². The van der Waals surface area contributed by atoms with Crippen molar-refractivity contribution >= 4 is 17.2 Å². The van der Waals surface area contributed by atoms with E-state index in [9.17, 15) is 0 Å². The van der Waals surface area contributed by atoms with E-state index in [0.29, 0.717) is 42.7 Å². The Labute approximate surface area is 126 Å². The average Bonchev–Trinajstić information content (AvgIpc) is 2.41. The molecule has 20 heavy (non-hydrogen) atoms. The molecule has 0 saturated heterocycles. The molecule has 0 spiro atoms. The van der Waals surface area contributed by atoms with Gasteiger partial charge in [0.25, 0.3) is 0 Å². The number of thiocarbonyl (C=S) groups is 1. The van der Waals surface area contributed by atoms with Crippen molar-refractivity contribution < 1.29 is 14.2 Å². The quantitative estimate of drug-likeness (QED) is 0.710. The minimum absolute atomic E-state index is 0.499. The molecule has 0 atom stereocenters. The largest absolute Gasteiger partial charge is 0.490 e. The van der Waals surface area contributed by atoms with E-state index in [0.717, 1.165) is 17.7 Å². The van der Waals surface area contributed by atoms with Gasteiger partial charge in [-0.15, -0.1) is 0 Å². The third kappa shape index (κ3) is 4.56. The molecule has 1 aromatic carbocycles. The van der Waals surface area contributed by atoms with Gasteiger partial charge in [-0.05, 0) is 38.8 Å². The van der Waals surface area contributed by atoms with Crippen LogP contribution < -0.4 is 19.9 Å². The van der Waals surface area contributed by atoms with E-state index in [1.807, 2.05) is 32.9 Å². The Morgan fingerprint density at radius 2 is 1.60 bits per heavy atom. The maximum absolute atomic E-state index is 5.75. The van der Waals surface area contributed by atoms with Crippen molar-refractivity contribution in [3.8, 4) is 17.2 Å². The molecule has 0 heterocycles. The number of rotatable bonds is 9. The summed E-state index contributed by atoms with van der Waals surface area (Å²) in [5.41, 5.74) is 6.61. The summed E-state index contributed by atoms with van der Waals surface area (Å²) in [6, 6.07) is 3.89. The first kappa shape index (κ1) is 16.6. The molecule has 0 amide bonds. The number of ether oxygens (including phenoxy) is 3. The van der Waals surface area contributed by atoms with Crippen molar-refractivity contribution in [2.75, 3.05) is 19.8 Å². The van der Waals surface area contributed by atoms with Crippen molar-refractivity contribution in [3.63, 3.8) is 0 Å². The smallest absolute Gasteiger partial charge is 0.203 e. The van der Waals surface area contributed by atoms with Gasteiger partial charge in [0, 0.05) is 6.42 Å². The molecule has 1 aromatic rings. The highest BCUT2D eigenvalue weighted by molar-refractivity contribution is 7.80. The van der Waals surface area contributed by atoms with Crippen LogP contribution in [-0.2, 0) is 6.42 Å². The molecule has 0 unspecified atom stereocenters. The van der Waals surface area contributed by atoms with Crippen LogP contribution in [0.2, 0.25) is 0 Å². The van der Waals surface area contributed by atoms with Gasteiger partial charge in [0.2, 0.25) is 5.75 Å². The van der Waals surface area contributed by atoms with Gasteiger partial charge in [-0.25, -0.2) is 0 Å². The average molecular weight is 297 g/mol. The predicted octanol–water partition coefficient (Wildman–Crippen LogP) is 3.10. The van der Waals surface area contributed by atoms with Gasteiger partial charge in [0.05, 0.1) is 24.8 Å². The van der Waals surface area contributed by atoms with Gasteiger partial charge in [0.15, 0.2) is 11.5 Å². The van der Waals surface area contributed by atoms with Crippen LogP contribution in [-0.4, -0.2) is 24.8 Å². The first-order chi connectivity index (χ1) is 9.63. The molecule has 2 N–H and O–H groups in total. The van der Waals surface area contributed by atoms with E-state index in [1.165, 1.54) is 0 Å². The fourth-order valence-electron chi connectivity index (χ4n) is 1.89. The minimum atomic E-state index is 0.499. The summed E-state index contributed by atoms with van der Waals surface area (Å²) in [6.45, 7) is 7.52. The maximum atomic E-state index is 5.75. The summed E-state index contributed by atoms with van der Waals surface area (Å²) in [5.74, 6) is 2.10. The summed E-state index contributed by atoms with van der Waals surface area (Å²) < 4.78 is 17.1. The third-order valence-corrected chi connectivity index (χ3v) is 2.88. The minimum Gasteiger partial charge on any atom is -0.490 e. The first-order valence-electron chi connectivity index (χ1n) is 6.96. The molecule has 112 valence electrons. The van der Waals surface area contributed by atoms with Gasteiger partial charge < -0.3 is 19.9 Å².